The van der Waals surface area contributed by atoms with Gasteiger partial charge in [-0.3, -0.25) is 4.79 Å². The fraction of sp³-hybridized carbons (Fsp3) is 0.227. The van der Waals surface area contributed by atoms with Crippen molar-refractivity contribution in [2.24, 2.45) is 5.92 Å². The van der Waals surface area contributed by atoms with Crippen LogP contribution in [0.25, 0.3) is 16.9 Å². The highest BCUT2D eigenvalue weighted by atomic mass is 19.1. The molecule has 0 saturated carbocycles. The number of aromatic nitrogens is 4. The summed E-state index contributed by atoms with van der Waals surface area (Å²) in [4.78, 5) is 21.3. The molecule has 6 nitrogen and oxygen atoms in total. The first-order chi connectivity index (χ1) is 14.0. The fourth-order valence-corrected chi connectivity index (χ4v) is 3.21. The molecule has 148 valence electrons. The summed E-state index contributed by atoms with van der Waals surface area (Å²) in [7, 11) is 0. The van der Waals surface area contributed by atoms with E-state index in [1.807, 2.05) is 6.20 Å². The number of imidazole rings is 2. The Hall–Kier alpha value is -3.48. The zero-order valence-electron chi connectivity index (χ0n) is 16.3. The Morgan fingerprint density at radius 2 is 1.93 bits per heavy atom. The van der Waals surface area contributed by atoms with E-state index in [1.165, 1.54) is 12.1 Å². The van der Waals surface area contributed by atoms with Crippen LogP contribution in [0.4, 0.5) is 4.39 Å². The van der Waals surface area contributed by atoms with Crippen molar-refractivity contribution in [3.63, 3.8) is 0 Å². The third-order valence-corrected chi connectivity index (χ3v) is 4.64. The molecule has 0 aliphatic carbocycles. The van der Waals surface area contributed by atoms with Crippen molar-refractivity contribution < 1.29 is 9.18 Å². The number of amides is 1. The Labute approximate surface area is 168 Å². The van der Waals surface area contributed by atoms with Gasteiger partial charge < -0.3 is 14.3 Å². The molecule has 0 unspecified atom stereocenters. The Morgan fingerprint density at radius 3 is 2.69 bits per heavy atom. The lowest BCUT2D eigenvalue weighted by Crippen LogP contribution is -2.24. The Kier molecular flexibility index (Phi) is 5.12. The van der Waals surface area contributed by atoms with Crippen molar-refractivity contribution in [3.8, 4) is 11.3 Å². The smallest absolute Gasteiger partial charge is 0.253 e. The van der Waals surface area contributed by atoms with Crippen molar-refractivity contribution >= 4 is 11.6 Å². The van der Waals surface area contributed by atoms with Gasteiger partial charge in [-0.2, -0.15) is 0 Å². The second kappa shape index (κ2) is 7.87. The highest BCUT2D eigenvalue weighted by Crippen LogP contribution is 2.20. The first-order valence-electron chi connectivity index (χ1n) is 9.51. The van der Waals surface area contributed by atoms with Crippen LogP contribution < -0.4 is 5.32 Å². The summed E-state index contributed by atoms with van der Waals surface area (Å²) < 4.78 is 17.0. The molecule has 0 spiro atoms. The maximum absolute atomic E-state index is 13.1. The molecule has 1 N–H and O–H groups in total. The average Bonchev–Trinajstić information content (AvgIpc) is 3.32. The fourth-order valence-electron chi connectivity index (χ4n) is 3.21. The van der Waals surface area contributed by atoms with Gasteiger partial charge in [0.1, 0.15) is 11.5 Å². The maximum atomic E-state index is 13.1. The summed E-state index contributed by atoms with van der Waals surface area (Å²) in [6.07, 6.45) is 7.14. The largest absolute Gasteiger partial charge is 0.346 e. The van der Waals surface area contributed by atoms with Gasteiger partial charge in [-0.15, -0.1) is 0 Å². The molecule has 0 radical (unpaired) electrons. The number of halogens is 1. The van der Waals surface area contributed by atoms with Gasteiger partial charge in [0.25, 0.3) is 5.91 Å². The van der Waals surface area contributed by atoms with E-state index in [2.05, 4.69) is 33.7 Å². The van der Waals surface area contributed by atoms with E-state index >= 15 is 0 Å². The predicted octanol–water partition coefficient (Wildman–Crippen LogP) is 3.92. The molecule has 3 aromatic heterocycles. The predicted molar refractivity (Wildman–Crippen MR) is 109 cm³/mol. The van der Waals surface area contributed by atoms with Gasteiger partial charge in [0.05, 0.1) is 29.8 Å². The van der Waals surface area contributed by atoms with E-state index in [1.54, 1.807) is 47.4 Å². The lowest BCUT2D eigenvalue weighted by atomic mass is 10.2. The van der Waals surface area contributed by atoms with Gasteiger partial charge in [0.15, 0.2) is 0 Å². The van der Waals surface area contributed by atoms with Gasteiger partial charge in [0, 0.05) is 30.7 Å². The summed E-state index contributed by atoms with van der Waals surface area (Å²) in [5.74, 6) is 0.0463. The highest BCUT2D eigenvalue weighted by molar-refractivity contribution is 5.94. The zero-order valence-corrected chi connectivity index (χ0v) is 16.3. The second-order valence-electron chi connectivity index (χ2n) is 7.43. The van der Waals surface area contributed by atoms with Crippen molar-refractivity contribution in [1.82, 2.24) is 24.3 Å². The molecular weight excluding hydrogens is 369 g/mol. The number of carbonyl (C=O) groups excluding carboxylic acids is 1. The highest BCUT2D eigenvalue weighted by Gasteiger charge is 2.11. The van der Waals surface area contributed by atoms with Crippen molar-refractivity contribution in [1.29, 1.82) is 0 Å². The molecule has 3 heterocycles. The van der Waals surface area contributed by atoms with Gasteiger partial charge in [0.2, 0.25) is 0 Å². The first-order valence-corrected chi connectivity index (χ1v) is 9.51. The molecule has 1 amide bonds. The van der Waals surface area contributed by atoms with Gasteiger partial charge in [-0.05, 0) is 42.3 Å². The van der Waals surface area contributed by atoms with E-state index in [4.69, 9.17) is 0 Å². The normalized spacial score (nSPS) is 11.3. The van der Waals surface area contributed by atoms with Crippen LogP contribution in [0.15, 0.2) is 61.3 Å². The summed E-state index contributed by atoms with van der Waals surface area (Å²) in [5, 5.41) is 2.95. The minimum atomic E-state index is -0.286. The molecule has 29 heavy (non-hydrogen) atoms. The third kappa shape index (κ3) is 4.18. The first kappa shape index (κ1) is 18.9. The van der Waals surface area contributed by atoms with Crippen LogP contribution in [0.1, 0.15) is 29.9 Å². The number of fused-ring (bicyclic) bond motifs is 1. The SMILES string of the molecule is CC(C)Cn1cncc1CNC(=O)c1ccc2nc(-c3ccc(F)cc3)cn2c1. The summed E-state index contributed by atoms with van der Waals surface area (Å²) >= 11 is 0. The van der Waals surface area contributed by atoms with Crippen molar-refractivity contribution in [3.05, 3.63) is 78.4 Å². The second-order valence-corrected chi connectivity index (χ2v) is 7.43. The molecule has 0 fully saturated rings. The van der Waals surface area contributed by atoms with Gasteiger partial charge >= 0.3 is 0 Å². The van der Waals surface area contributed by atoms with Gasteiger partial charge in [-0.1, -0.05) is 13.8 Å². The summed E-state index contributed by atoms with van der Waals surface area (Å²) in [5.41, 5.74) is 3.76. The number of rotatable bonds is 6. The van der Waals surface area contributed by atoms with Crippen LogP contribution in [0, 0.1) is 11.7 Å². The van der Waals surface area contributed by atoms with Crippen LogP contribution in [-0.4, -0.2) is 24.8 Å². The molecule has 0 aliphatic heterocycles. The average molecular weight is 391 g/mol. The van der Waals surface area contributed by atoms with E-state index in [9.17, 15) is 9.18 Å². The summed E-state index contributed by atoms with van der Waals surface area (Å²) in [6.45, 7) is 5.55. The lowest BCUT2D eigenvalue weighted by Gasteiger charge is -2.11. The van der Waals surface area contributed by atoms with Crippen molar-refractivity contribution in [2.75, 3.05) is 0 Å². The number of nitrogens with zero attached hydrogens (tertiary/aromatic N) is 4. The molecule has 0 saturated heterocycles. The molecular formula is C22H22FN5O. The summed E-state index contributed by atoms with van der Waals surface area (Å²) in [6, 6.07) is 9.73. The minimum Gasteiger partial charge on any atom is -0.346 e. The van der Waals surface area contributed by atoms with Crippen LogP contribution in [-0.2, 0) is 13.1 Å². The van der Waals surface area contributed by atoms with E-state index in [0.717, 1.165) is 29.1 Å². The van der Waals surface area contributed by atoms with Crippen LogP contribution in [0.5, 0.6) is 0 Å². The topological polar surface area (TPSA) is 64.2 Å². The Bertz CT molecular complexity index is 1140. The minimum absolute atomic E-state index is 0.166. The van der Waals surface area contributed by atoms with Gasteiger partial charge in [-0.25, -0.2) is 14.4 Å². The Balaban J connectivity index is 1.49. The van der Waals surface area contributed by atoms with Crippen molar-refractivity contribution in [2.45, 2.75) is 26.9 Å². The van der Waals surface area contributed by atoms with Crippen LogP contribution in [0.3, 0.4) is 0 Å². The third-order valence-electron chi connectivity index (χ3n) is 4.64. The number of nitrogens with one attached hydrogen (secondary N) is 1. The van der Waals surface area contributed by atoms with E-state index in [-0.39, 0.29) is 11.7 Å². The monoisotopic (exact) mass is 391 g/mol. The molecule has 4 aromatic rings. The maximum Gasteiger partial charge on any atom is 0.253 e. The van der Waals surface area contributed by atoms with Crippen LogP contribution in [0.2, 0.25) is 0 Å². The number of pyridine rings is 1. The Morgan fingerprint density at radius 1 is 1.14 bits per heavy atom. The quantitative estimate of drug-likeness (QED) is 0.542. The standard InChI is InChI=1S/C22H22FN5O/c1-15(2)11-28-14-24-9-19(28)10-25-22(29)17-5-8-21-26-20(13-27(21)12-17)16-3-6-18(23)7-4-16/h3-9,12-15H,10-11H2,1-2H3,(H,25,29). The zero-order chi connectivity index (χ0) is 20.4. The van der Waals surface area contributed by atoms with E-state index in [0.29, 0.717) is 18.0 Å². The number of hydrogen-bond donors (Lipinski definition) is 1. The number of carbonyl (C=O) groups is 1. The molecule has 7 heteroatoms. The molecule has 0 atom stereocenters. The van der Waals surface area contributed by atoms with E-state index < -0.39 is 0 Å². The molecule has 0 bridgehead atoms. The van der Waals surface area contributed by atoms with Crippen LogP contribution >= 0.6 is 0 Å². The number of benzene rings is 1. The molecule has 0 aliphatic rings. The molecule has 4 rings (SSSR count). The molecule has 1 aromatic carbocycles. The lowest BCUT2D eigenvalue weighted by molar-refractivity contribution is 0.0949. The number of hydrogen-bond acceptors (Lipinski definition) is 3.